The molecule has 0 radical (unpaired) electrons. The fourth-order valence-corrected chi connectivity index (χ4v) is 3.34. The number of carbonyl (C=O) groups is 3. The maximum absolute atomic E-state index is 13.0. The predicted molar refractivity (Wildman–Crippen MR) is 123 cm³/mol. The summed E-state index contributed by atoms with van der Waals surface area (Å²) in [5.41, 5.74) is 2.03. The molecule has 3 N–H and O–H groups in total. The van der Waals surface area contributed by atoms with Crippen LogP contribution in [0.5, 0.6) is 5.75 Å². The van der Waals surface area contributed by atoms with Crippen molar-refractivity contribution in [2.45, 2.75) is 12.6 Å². The maximum atomic E-state index is 13.0. The molecule has 1 aromatic heterocycles. The first-order valence-electron chi connectivity index (χ1n) is 10.6. The van der Waals surface area contributed by atoms with Crippen LogP contribution in [0.4, 0.5) is 0 Å². The lowest BCUT2D eigenvalue weighted by Crippen LogP contribution is -2.52. The lowest BCUT2D eigenvalue weighted by molar-refractivity contribution is -0.136. The molecule has 0 bridgehead atoms. The van der Waals surface area contributed by atoms with Crippen molar-refractivity contribution >= 4 is 17.6 Å². The minimum absolute atomic E-state index is 0.0433. The molecule has 0 spiro atoms. The molecule has 1 atom stereocenters. The van der Waals surface area contributed by atoms with E-state index in [9.17, 15) is 19.5 Å². The number of nitrogens with zero attached hydrogens (tertiary/aromatic N) is 1. The fourth-order valence-electron chi connectivity index (χ4n) is 3.34. The smallest absolute Gasteiger partial charge is 0.254 e. The molecule has 2 amide bonds. The molecular weight excluding hydrogens is 440 g/mol. The Morgan fingerprint density at radius 1 is 1.00 bits per heavy atom. The average Bonchev–Trinajstić information content (AvgIpc) is 3.40. The van der Waals surface area contributed by atoms with Gasteiger partial charge in [-0.1, -0.05) is 24.3 Å². The molecule has 0 saturated carbocycles. The molecule has 9 nitrogen and oxygen atoms in total. The van der Waals surface area contributed by atoms with E-state index in [1.54, 1.807) is 48.5 Å². The van der Waals surface area contributed by atoms with E-state index in [1.165, 1.54) is 13.3 Å². The first kappa shape index (κ1) is 24.7. The number of rotatable bonds is 11. The van der Waals surface area contributed by atoms with Crippen molar-refractivity contribution in [3.63, 3.8) is 0 Å². The predicted octanol–water partition coefficient (Wildman–Crippen LogP) is 1.64. The number of aliphatic hydroxyl groups is 2. The number of ether oxygens (including phenoxy) is 1. The third kappa shape index (κ3) is 6.09. The van der Waals surface area contributed by atoms with Crippen LogP contribution in [-0.2, 0) is 16.1 Å². The van der Waals surface area contributed by atoms with E-state index in [2.05, 4.69) is 5.32 Å². The topological polar surface area (TPSA) is 129 Å². The molecule has 0 aliphatic heterocycles. The quantitative estimate of drug-likeness (QED) is 0.366. The molecule has 3 rings (SSSR count). The molecule has 9 heteroatoms. The van der Waals surface area contributed by atoms with Gasteiger partial charge in [-0.25, -0.2) is 0 Å². The van der Waals surface area contributed by atoms with E-state index in [0.717, 1.165) is 16.0 Å². The summed E-state index contributed by atoms with van der Waals surface area (Å²) in [6.45, 7) is -0.693. The monoisotopic (exact) mass is 466 g/mol. The lowest BCUT2D eigenvalue weighted by Gasteiger charge is -2.25. The highest BCUT2D eigenvalue weighted by atomic mass is 16.5. The zero-order valence-electron chi connectivity index (χ0n) is 18.6. The minimum atomic E-state index is -1.49. The van der Waals surface area contributed by atoms with Gasteiger partial charge < -0.3 is 29.6 Å². The summed E-state index contributed by atoms with van der Waals surface area (Å²) in [4.78, 5) is 38.9. The summed E-state index contributed by atoms with van der Waals surface area (Å²) in [7, 11) is 1.34. The number of benzene rings is 2. The summed E-state index contributed by atoms with van der Waals surface area (Å²) >= 11 is 0. The van der Waals surface area contributed by atoms with Crippen molar-refractivity contribution in [2.24, 2.45) is 0 Å². The Balaban J connectivity index is 1.70. The van der Waals surface area contributed by atoms with Crippen molar-refractivity contribution in [3.05, 3.63) is 78.3 Å². The van der Waals surface area contributed by atoms with Gasteiger partial charge in [-0.15, -0.1) is 0 Å². The molecule has 2 aromatic carbocycles. The Morgan fingerprint density at radius 2 is 1.65 bits per heavy atom. The SMILES string of the molecule is CN(C(=O)c1ccc(-c2ccc(OCCO)cc2)cc1)C(C(=O)CO)C(=O)NCc1ccco1. The number of amides is 2. The van der Waals surface area contributed by atoms with Crippen molar-refractivity contribution < 1.29 is 33.8 Å². The molecule has 1 heterocycles. The molecule has 0 saturated heterocycles. The van der Waals surface area contributed by atoms with Gasteiger partial charge >= 0.3 is 0 Å². The number of carbonyl (C=O) groups excluding carboxylic acids is 3. The van der Waals surface area contributed by atoms with Gasteiger partial charge in [0.1, 0.15) is 24.7 Å². The highest BCUT2D eigenvalue weighted by molar-refractivity contribution is 6.10. The number of nitrogens with one attached hydrogen (secondary N) is 1. The van der Waals surface area contributed by atoms with Crippen molar-refractivity contribution in [3.8, 4) is 16.9 Å². The van der Waals surface area contributed by atoms with Crippen molar-refractivity contribution in [1.29, 1.82) is 0 Å². The second-order valence-electron chi connectivity index (χ2n) is 7.41. The van der Waals surface area contributed by atoms with E-state index in [0.29, 0.717) is 11.5 Å². The van der Waals surface area contributed by atoms with Gasteiger partial charge in [0.15, 0.2) is 11.8 Å². The second-order valence-corrected chi connectivity index (χ2v) is 7.41. The van der Waals surface area contributed by atoms with Crippen LogP contribution in [0.25, 0.3) is 11.1 Å². The number of likely N-dealkylation sites (N-methyl/N-ethyl adjacent to an activating group) is 1. The zero-order chi connectivity index (χ0) is 24.5. The molecule has 34 heavy (non-hydrogen) atoms. The number of ketones is 1. The molecule has 178 valence electrons. The third-order valence-corrected chi connectivity index (χ3v) is 5.11. The van der Waals surface area contributed by atoms with Gasteiger partial charge in [0, 0.05) is 12.6 Å². The zero-order valence-corrected chi connectivity index (χ0v) is 18.6. The Bertz CT molecular complexity index is 1090. The van der Waals surface area contributed by atoms with E-state index in [1.807, 2.05) is 12.1 Å². The first-order valence-corrected chi connectivity index (χ1v) is 10.6. The maximum Gasteiger partial charge on any atom is 0.254 e. The van der Waals surface area contributed by atoms with Crippen LogP contribution in [0.1, 0.15) is 16.1 Å². The average molecular weight is 466 g/mol. The van der Waals surface area contributed by atoms with Crippen LogP contribution < -0.4 is 10.1 Å². The van der Waals surface area contributed by atoms with Crippen molar-refractivity contribution in [2.75, 3.05) is 26.9 Å². The summed E-state index contributed by atoms with van der Waals surface area (Å²) in [5, 5.41) is 20.7. The van der Waals surface area contributed by atoms with Gasteiger partial charge in [0.05, 0.1) is 19.4 Å². The Labute approximate surface area is 196 Å². The first-order chi connectivity index (χ1) is 16.4. The molecule has 0 aliphatic carbocycles. The summed E-state index contributed by atoms with van der Waals surface area (Å²) in [6, 6.07) is 15.8. The van der Waals surface area contributed by atoms with E-state index in [-0.39, 0.29) is 25.3 Å². The largest absolute Gasteiger partial charge is 0.491 e. The third-order valence-electron chi connectivity index (χ3n) is 5.11. The highest BCUT2D eigenvalue weighted by Gasteiger charge is 2.33. The minimum Gasteiger partial charge on any atom is -0.491 e. The van der Waals surface area contributed by atoms with Gasteiger partial charge in [-0.05, 0) is 47.5 Å². The number of furan rings is 1. The summed E-state index contributed by atoms with van der Waals surface area (Å²) in [6.07, 6.45) is 1.45. The molecule has 0 aliphatic rings. The molecule has 3 aromatic rings. The summed E-state index contributed by atoms with van der Waals surface area (Å²) in [5.74, 6) is -0.934. The van der Waals surface area contributed by atoms with Crippen LogP contribution in [0, 0.1) is 0 Å². The fraction of sp³-hybridized carbons (Fsp3) is 0.240. The van der Waals surface area contributed by atoms with Gasteiger partial charge in [0.2, 0.25) is 0 Å². The highest BCUT2D eigenvalue weighted by Crippen LogP contribution is 2.23. The Hall–Kier alpha value is -3.95. The normalized spacial score (nSPS) is 11.5. The van der Waals surface area contributed by atoms with E-state index >= 15 is 0 Å². The van der Waals surface area contributed by atoms with Crippen LogP contribution in [-0.4, -0.2) is 65.6 Å². The number of Topliss-reactive ketones (excluding diaryl/α,β-unsaturated/α-hetero) is 1. The van der Waals surface area contributed by atoms with Crippen LogP contribution in [0.15, 0.2) is 71.3 Å². The molecule has 1 unspecified atom stereocenters. The number of hydrogen-bond acceptors (Lipinski definition) is 7. The van der Waals surface area contributed by atoms with Crippen LogP contribution >= 0.6 is 0 Å². The summed E-state index contributed by atoms with van der Waals surface area (Å²) < 4.78 is 10.5. The van der Waals surface area contributed by atoms with Gasteiger partial charge in [0.25, 0.3) is 11.8 Å². The van der Waals surface area contributed by atoms with E-state index < -0.39 is 30.2 Å². The lowest BCUT2D eigenvalue weighted by atomic mass is 10.0. The standard InChI is InChI=1S/C25H26N2O7/c1-27(23(22(30)16-29)24(31)26-15-21-3-2-13-33-21)25(32)19-6-4-17(5-7-19)18-8-10-20(11-9-18)34-14-12-28/h2-11,13,23,28-29H,12,14-16H2,1H3,(H,26,31). The number of hydrogen-bond donors (Lipinski definition) is 3. The van der Waals surface area contributed by atoms with Gasteiger partial charge in [-0.3, -0.25) is 14.4 Å². The second kappa shape index (κ2) is 11.8. The molecule has 0 fully saturated rings. The van der Waals surface area contributed by atoms with Gasteiger partial charge in [-0.2, -0.15) is 0 Å². The van der Waals surface area contributed by atoms with Crippen LogP contribution in [0.2, 0.25) is 0 Å². The Morgan fingerprint density at radius 3 is 2.21 bits per heavy atom. The van der Waals surface area contributed by atoms with Crippen LogP contribution in [0.3, 0.4) is 0 Å². The molecular formula is C25H26N2O7. The number of aliphatic hydroxyl groups excluding tert-OH is 2. The van der Waals surface area contributed by atoms with E-state index in [4.69, 9.17) is 14.3 Å². The van der Waals surface area contributed by atoms with Crippen molar-refractivity contribution in [1.82, 2.24) is 10.2 Å². The Kier molecular flexibility index (Phi) is 8.55.